The van der Waals surface area contributed by atoms with Crippen LogP contribution in [0.1, 0.15) is 0 Å². The average molecular weight is 738 g/mol. The average Bonchev–Trinajstić information content (AvgIpc) is 3.64. The summed E-state index contributed by atoms with van der Waals surface area (Å²) < 4.78 is 0. The van der Waals surface area contributed by atoms with Gasteiger partial charge in [-0.25, -0.2) is 15.0 Å². The molecule has 0 bridgehead atoms. The second-order valence-corrected chi connectivity index (χ2v) is 14.8. The Morgan fingerprint density at radius 3 is 1.22 bits per heavy atom. The molecule has 0 radical (unpaired) electrons. The van der Waals surface area contributed by atoms with E-state index in [9.17, 15) is 0 Å². The van der Waals surface area contributed by atoms with Crippen LogP contribution in [0.3, 0.4) is 0 Å². The summed E-state index contributed by atoms with van der Waals surface area (Å²) in [5.41, 5.74) is 17.5. The van der Waals surface area contributed by atoms with Crippen molar-refractivity contribution in [2.45, 2.75) is 0 Å². The molecule has 1 aliphatic carbocycles. The molecule has 0 saturated heterocycles. The SMILES string of the molecule is c1ccc(-c2cccc(-c3nc(-c4ccccc4)nc(-c4ccc(-c5ccc(-c6ccccc6-c6ccc7c8c(cccc68)-c6ccccc6-7)cc5)cc4)n3)c2)cc1. The Hall–Kier alpha value is -7.75. The van der Waals surface area contributed by atoms with Crippen molar-refractivity contribution in [3.8, 4) is 101 Å². The molecule has 58 heavy (non-hydrogen) atoms. The third-order valence-corrected chi connectivity index (χ3v) is 11.3. The zero-order chi connectivity index (χ0) is 38.4. The van der Waals surface area contributed by atoms with Gasteiger partial charge in [0.1, 0.15) is 0 Å². The smallest absolute Gasteiger partial charge is 0.164 e. The van der Waals surface area contributed by atoms with Crippen LogP contribution < -0.4 is 0 Å². The van der Waals surface area contributed by atoms with Crippen molar-refractivity contribution in [1.29, 1.82) is 0 Å². The molecule has 0 aliphatic heterocycles. The molecule has 0 saturated carbocycles. The lowest BCUT2D eigenvalue weighted by Crippen LogP contribution is -2.00. The maximum atomic E-state index is 5.04. The summed E-state index contributed by atoms with van der Waals surface area (Å²) >= 11 is 0. The van der Waals surface area contributed by atoms with E-state index >= 15 is 0 Å². The van der Waals surface area contributed by atoms with E-state index < -0.39 is 0 Å². The molecule has 0 fully saturated rings. The van der Waals surface area contributed by atoms with Crippen LogP contribution >= 0.6 is 0 Å². The van der Waals surface area contributed by atoms with Gasteiger partial charge in [-0.2, -0.15) is 0 Å². The molecule has 0 atom stereocenters. The van der Waals surface area contributed by atoms with Gasteiger partial charge in [-0.05, 0) is 83.6 Å². The van der Waals surface area contributed by atoms with Crippen molar-refractivity contribution in [3.05, 3.63) is 212 Å². The summed E-state index contributed by atoms with van der Waals surface area (Å²) in [4.78, 5) is 15.0. The monoisotopic (exact) mass is 737 g/mol. The minimum Gasteiger partial charge on any atom is -0.208 e. The van der Waals surface area contributed by atoms with Gasteiger partial charge >= 0.3 is 0 Å². The van der Waals surface area contributed by atoms with Gasteiger partial charge in [0, 0.05) is 16.7 Å². The van der Waals surface area contributed by atoms with Crippen molar-refractivity contribution < 1.29 is 0 Å². The molecule has 11 rings (SSSR count). The number of rotatable bonds is 7. The summed E-state index contributed by atoms with van der Waals surface area (Å²) in [5, 5.41) is 2.63. The van der Waals surface area contributed by atoms with E-state index in [1.54, 1.807) is 0 Å². The summed E-state index contributed by atoms with van der Waals surface area (Å²) in [5.74, 6) is 1.93. The summed E-state index contributed by atoms with van der Waals surface area (Å²) in [6, 6.07) is 75.3. The van der Waals surface area contributed by atoms with Crippen LogP contribution in [-0.4, -0.2) is 15.0 Å². The normalized spacial score (nSPS) is 11.4. The van der Waals surface area contributed by atoms with Gasteiger partial charge in [0.05, 0.1) is 0 Å². The van der Waals surface area contributed by atoms with Crippen molar-refractivity contribution >= 4 is 10.8 Å². The predicted molar refractivity (Wildman–Crippen MR) is 240 cm³/mol. The molecule has 0 amide bonds. The van der Waals surface area contributed by atoms with E-state index in [0.29, 0.717) is 17.5 Å². The second kappa shape index (κ2) is 14.1. The lowest BCUT2D eigenvalue weighted by Gasteiger charge is -2.14. The molecule has 1 heterocycles. The van der Waals surface area contributed by atoms with Crippen LogP contribution in [-0.2, 0) is 0 Å². The molecule has 0 spiro atoms. The first-order valence-electron chi connectivity index (χ1n) is 19.7. The number of nitrogens with zero attached hydrogens (tertiary/aromatic N) is 3. The molecule has 3 heteroatoms. The quantitative estimate of drug-likeness (QED) is 0.163. The zero-order valence-corrected chi connectivity index (χ0v) is 31.5. The van der Waals surface area contributed by atoms with Gasteiger partial charge in [0.2, 0.25) is 0 Å². The molecular formula is C55H35N3. The highest BCUT2D eigenvalue weighted by atomic mass is 15.0. The third kappa shape index (κ3) is 5.89. The highest BCUT2D eigenvalue weighted by Gasteiger charge is 2.23. The Morgan fingerprint density at radius 2 is 0.586 bits per heavy atom. The molecule has 0 unspecified atom stereocenters. The Morgan fingerprint density at radius 1 is 0.207 bits per heavy atom. The minimum absolute atomic E-state index is 0.638. The predicted octanol–water partition coefficient (Wildman–Crippen LogP) is 14.3. The largest absolute Gasteiger partial charge is 0.208 e. The molecule has 0 N–H and O–H groups in total. The first-order chi connectivity index (χ1) is 28.7. The standard InChI is InChI=1S/C55H35N3/c1-3-13-36(14-4-1)42-17-11-18-43(35-42)55-57-53(40-15-5-2-6-16-40)56-54(58-55)41-31-27-38(28-32-41)37-25-29-39(30-26-37)44-19-7-8-20-45(44)48-33-34-51-47-22-10-9-21-46(47)49-23-12-24-50(48)52(49)51/h1-35H. The lowest BCUT2D eigenvalue weighted by molar-refractivity contribution is 1.07. The number of hydrogen-bond donors (Lipinski definition) is 0. The Labute approximate surface area is 337 Å². The summed E-state index contributed by atoms with van der Waals surface area (Å²) in [6.07, 6.45) is 0. The van der Waals surface area contributed by atoms with Crippen LogP contribution in [0.5, 0.6) is 0 Å². The Bertz CT molecular complexity index is 3100. The van der Waals surface area contributed by atoms with Crippen molar-refractivity contribution in [2.75, 3.05) is 0 Å². The van der Waals surface area contributed by atoms with E-state index in [1.807, 2.05) is 36.4 Å². The fraction of sp³-hybridized carbons (Fsp3) is 0. The van der Waals surface area contributed by atoms with E-state index in [4.69, 9.17) is 15.0 Å². The number of fused-ring (bicyclic) bond motifs is 3. The molecule has 1 aliphatic rings. The highest BCUT2D eigenvalue weighted by Crippen LogP contribution is 2.50. The van der Waals surface area contributed by atoms with Crippen LogP contribution in [0.15, 0.2) is 212 Å². The first kappa shape index (κ1) is 33.6. The molecule has 10 aromatic rings. The maximum Gasteiger partial charge on any atom is 0.164 e. The van der Waals surface area contributed by atoms with Gasteiger partial charge in [0.15, 0.2) is 17.5 Å². The van der Waals surface area contributed by atoms with Crippen LogP contribution in [0.4, 0.5) is 0 Å². The number of hydrogen-bond acceptors (Lipinski definition) is 3. The maximum absolute atomic E-state index is 5.04. The number of benzene rings is 9. The fourth-order valence-electron chi connectivity index (χ4n) is 8.49. The Kier molecular flexibility index (Phi) is 8.15. The van der Waals surface area contributed by atoms with Gasteiger partial charge in [-0.3, -0.25) is 0 Å². The lowest BCUT2D eigenvalue weighted by atomic mass is 9.89. The molecule has 1 aromatic heterocycles. The molecular weight excluding hydrogens is 703 g/mol. The Balaban J connectivity index is 0.917. The second-order valence-electron chi connectivity index (χ2n) is 14.8. The van der Waals surface area contributed by atoms with Crippen LogP contribution in [0.2, 0.25) is 0 Å². The molecule has 9 aromatic carbocycles. The van der Waals surface area contributed by atoms with Gasteiger partial charge < -0.3 is 0 Å². The highest BCUT2D eigenvalue weighted by molar-refractivity contribution is 6.19. The topological polar surface area (TPSA) is 38.7 Å². The zero-order valence-electron chi connectivity index (χ0n) is 31.5. The van der Waals surface area contributed by atoms with Crippen LogP contribution in [0, 0.1) is 0 Å². The summed E-state index contributed by atoms with van der Waals surface area (Å²) in [6.45, 7) is 0. The number of aromatic nitrogens is 3. The minimum atomic E-state index is 0.638. The molecule has 270 valence electrons. The van der Waals surface area contributed by atoms with Crippen LogP contribution in [0.25, 0.3) is 112 Å². The van der Waals surface area contributed by atoms with Gasteiger partial charge in [-0.15, -0.1) is 0 Å². The van der Waals surface area contributed by atoms with E-state index in [2.05, 4.69) is 176 Å². The van der Waals surface area contributed by atoms with E-state index in [-0.39, 0.29) is 0 Å². The van der Waals surface area contributed by atoms with Gasteiger partial charge in [-0.1, -0.05) is 206 Å². The van der Waals surface area contributed by atoms with E-state index in [1.165, 1.54) is 55.3 Å². The first-order valence-corrected chi connectivity index (χ1v) is 19.7. The van der Waals surface area contributed by atoms with Gasteiger partial charge in [0.25, 0.3) is 0 Å². The van der Waals surface area contributed by atoms with Crippen molar-refractivity contribution in [1.82, 2.24) is 15.0 Å². The third-order valence-electron chi connectivity index (χ3n) is 11.3. The summed E-state index contributed by atoms with van der Waals surface area (Å²) in [7, 11) is 0. The van der Waals surface area contributed by atoms with E-state index in [0.717, 1.165) is 38.9 Å². The van der Waals surface area contributed by atoms with Crippen molar-refractivity contribution in [3.63, 3.8) is 0 Å². The van der Waals surface area contributed by atoms with Crippen molar-refractivity contribution in [2.24, 2.45) is 0 Å². The molecule has 3 nitrogen and oxygen atoms in total. The fourth-order valence-corrected chi connectivity index (χ4v) is 8.49.